The molecule has 1 N–H and O–H groups in total. The first-order valence-corrected chi connectivity index (χ1v) is 12.0. The summed E-state index contributed by atoms with van der Waals surface area (Å²) in [6.45, 7) is 0.644. The smallest absolute Gasteiger partial charge is 0.416 e. The first-order valence-electron chi connectivity index (χ1n) is 12.0. The van der Waals surface area contributed by atoms with Gasteiger partial charge in [0.25, 0.3) is 0 Å². The second kappa shape index (κ2) is 12.9. The van der Waals surface area contributed by atoms with Crippen molar-refractivity contribution in [2.45, 2.75) is 31.2 Å². The average Bonchev–Trinajstić information content (AvgIpc) is 2.96. The van der Waals surface area contributed by atoms with E-state index in [0.717, 1.165) is 29.8 Å². The maximum absolute atomic E-state index is 12.5. The number of carbonyl (C=O) groups excluding carboxylic acids is 2. The van der Waals surface area contributed by atoms with Crippen LogP contribution in [0.3, 0.4) is 0 Å². The van der Waals surface area contributed by atoms with Crippen LogP contribution in [0.25, 0.3) is 11.3 Å². The van der Waals surface area contributed by atoms with Crippen LogP contribution in [0.2, 0.25) is 0 Å². The molecule has 1 aromatic heterocycles. The number of hydrogen-bond donors (Lipinski definition) is 1. The first kappa shape index (κ1) is 30.6. The lowest BCUT2D eigenvalue weighted by atomic mass is 9.88. The molecule has 0 radical (unpaired) electrons. The number of carbonyl (C=O) groups is 2. The number of alkyl halides is 6. The van der Waals surface area contributed by atoms with Gasteiger partial charge in [-0.25, -0.2) is 4.79 Å². The summed E-state index contributed by atoms with van der Waals surface area (Å²) in [7, 11) is 2.60. The van der Waals surface area contributed by atoms with E-state index in [-0.39, 0.29) is 23.5 Å². The van der Waals surface area contributed by atoms with E-state index in [2.05, 4.69) is 15.0 Å². The number of benzene rings is 2. The van der Waals surface area contributed by atoms with Crippen LogP contribution in [0, 0.1) is 5.92 Å². The van der Waals surface area contributed by atoms with E-state index >= 15 is 0 Å². The number of halogens is 6. The zero-order valence-corrected chi connectivity index (χ0v) is 21.5. The first-order chi connectivity index (χ1) is 18.8. The quantitative estimate of drug-likeness (QED) is 0.287. The number of nitrogens with one attached hydrogen (secondary N) is 1. The third-order valence-electron chi connectivity index (χ3n) is 6.27. The summed E-state index contributed by atoms with van der Waals surface area (Å²) in [4.78, 5) is 26.9. The summed E-state index contributed by atoms with van der Waals surface area (Å²) in [6, 6.07) is 12.4. The van der Waals surface area contributed by atoms with E-state index in [1.165, 1.54) is 56.8 Å². The molecule has 0 saturated carbocycles. The second-order valence-electron chi connectivity index (χ2n) is 8.87. The van der Waals surface area contributed by atoms with Gasteiger partial charge in [0, 0.05) is 17.8 Å². The maximum Gasteiger partial charge on any atom is 0.416 e. The van der Waals surface area contributed by atoms with E-state index in [1.807, 2.05) is 0 Å². The molecule has 6 nitrogen and oxygen atoms in total. The average molecular weight is 569 g/mol. The summed E-state index contributed by atoms with van der Waals surface area (Å²) < 4.78 is 84.2. The number of hydrogen-bond acceptors (Lipinski definition) is 6. The molecule has 1 saturated heterocycles. The van der Waals surface area contributed by atoms with Crippen molar-refractivity contribution in [1.82, 2.24) is 10.3 Å². The summed E-state index contributed by atoms with van der Waals surface area (Å²) in [6.07, 6.45) is -6.08. The van der Waals surface area contributed by atoms with E-state index in [1.54, 1.807) is 0 Å². The van der Waals surface area contributed by atoms with Gasteiger partial charge in [-0.2, -0.15) is 26.3 Å². The lowest BCUT2D eigenvalue weighted by molar-refractivity contribution is -0.146. The van der Waals surface area contributed by atoms with Gasteiger partial charge in [0.1, 0.15) is 0 Å². The van der Waals surface area contributed by atoms with Crippen molar-refractivity contribution in [2.75, 3.05) is 20.8 Å². The van der Waals surface area contributed by atoms with Crippen LogP contribution in [-0.2, 0) is 26.6 Å². The Balaban J connectivity index is 0.000000220. The van der Waals surface area contributed by atoms with Crippen LogP contribution in [0.4, 0.5) is 26.3 Å². The van der Waals surface area contributed by atoms with E-state index < -0.39 is 29.4 Å². The number of ether oxygens (including phenoxy) is 2. The Bertz CT molecular complexity index is 1290. The molecular formula is C28H26F6N2O4. The normalized spacial score (nSPS) is 17.3. The molecule has 2 unspecified atom stereocenters. The molecule has 12 heteroatoms. The number of piperidine rings is 1. The zero-order valence-electron chi connectivity index (χ0n) is 21.5. The molecule has 214 valence electrons. The molecule has 3 aromatic rings. The van der Waals surface area contributed by atoms with E-state index in [0.29, 0.717) is 30.6 Å². The zero-order chi connectivity index (χ0) is 29.5. The maximum atomic E-state index is 12.5. The Labute approximate surface area is 226 Å². The van der Waals surface area contributed by atoms with Crippen LogP contribution in [0.15, 0.2) is 66.9 Å². The number of methoxy groups -OCH3 is 2. The molecular weight excluding hydrogens is 542 g/mol. The predicted octanol–water partition coefficient (Wildman–Crippen LogP) is 6.47. The lowest BCUT2D eigenvalue weighted by Crippen LogP contribution is -2.35. The predicted molar refractivity (Wildman–Crippen MR) is 133 cm³/mol. The van der Waals surface area contributed by atoms with Crippen molar-refractivity contribution in [2.24, 2.45) is 5.92 Å². The highest BCUT2D eigenvalue weighted by Crippen LogP contribution is 2.33. The monoisotopic (exact) mass is 568 g/mol. The standard InChI is InChI=1S/C14H16F3NO2.C14H10F3NO2/c2*1-20-13(19)10-6-7-18-12(8-10)9-2-4-11(5-3-9)14(15,16)17/h2-5,10,12,18H,6-8H2,1H3;2-8H,1H3. The number of aromatic nitrogens is 1. The summed E-state index contributed by atoms with van der Waals surface area (Å²) in [5, 5.41) is 3.21. The SMILES string of the molecule is COC(=O)C1CCNC(c2ccc(C(F)(F)F)cc2)C1.COC(=O)c1ccnc(-c2ccc(C(F)(F)F)cc2)c1. The number of pyridine rings is 1. The molecule has 2 heterocycles. The molecule has 2 aromatic carbocycles. The van der Waals surface area contributed by atoms with Crippen LogP contribution in [0.1, 0.15) is 45.9 Å². The van der Waals surface area contributed by atoms with Gasteiger partial charge in [-0.15, -0.1) is 0 Å². The number of nitrogens with zero attached hydrogens (tertiary/aromatic N) is 1. The molecule has 40 heavy (non-hydrogen) atoms. The Morgan fingerprint density at radius 3 is 1.95 bits per heavy atom. The van der Waals surface area contributed by atoms with Gasteiger partial charge in [-0.1, -0.05) is 24.3 Å². The molecule has 1 aliphatic rings. The van der Waals surface area contributed by atoms with Gasteiger partial charge in [0.15, 0.2) is 0 Å². The van der Waals surface area contributed by atoms with Gasteiger partial charge < -0.3 is 14.8 Å². The Hall–Kier alpha value is -3.93. The van der Waals surface area contributed by atoms with Crippen molar-refractivity contribution in [1.29, 1.82) is 0 Å². The molecule has 0 amide bonds. The summed E-state index contributed by atoms with van der Waals surface area (Å²) in [5.74, 6) is -0.988. The summed E-state index contributed by atoms with van der Waals surface area (Å²) >= 11 is 0. The fraction of sp³-hybridized carbons (Fsp3) is 0.321. The molecule has 1 fully saturated rings. The molecule has 1 aliphatic heterocycles. The minimum absolute atomic E-state index is 0.116. The van der Waals surface area contributed by atoms with Crippen LogP contribution in [0.5, 0.6) is 0 Å². The summed E-state index contributed by atoms with van der Waals surface area (Å²) in [5.41, 5.74) is 0.543. The van der Waals surface area contributed by atoms with Gasteiger partial charge in [0.05, 0.1) is 42.5 Å². The third-order valence-corrected chi connectivity index (χ3v) is 6.27. The van der Waals surface area contributed by atoms with Gasteiger partial charge in [-0.3, -0.25) is 9.78 Å². The third kappa shape index (κ3) is 8.04. The fourth-order valence-electron chi connectivity index (χ4n) is 4.12. The molecule has 4 rings (SSSR count). The molecule has 0 spiro atoms. The van der Waals surface area contributed by atoms with Crippen LogP contribution < -0.4 is 5.32 Å². The van der Waals surface area contributed by atoms with Gasteiger partial charge in [0.2, 0.25) is 0 Å². The van der Waals surface area contributed by atoms with Gasteiger partial charge >= 0.3 is 24.3 Å². The van der Waals surface area contributed by atoms with Crippen LogP contribution in [-0.4, -0.2) is 37.7 Å². The highest BCUT2D eigenvalue weighted by atomic mass is 19.4. The largest absolute Gasteiger partial charge is 0.469 e. The van der Waals surface area contributed by atoms with E-state index in [4.69, 9.17) is 4.74 Å². The fourth-order valence-corrected chi connectivity index (χ4v) is 4.12. The minimum Gasteiger partial charge on any atom is -0.469 e. The Morgan fingerprint density at radius 2 is 1.43 bits per heavy atom. The minimum atomic E-state index is -4.38. The highest BCUT2D eigenvalue weighted by molar-refractivity contribution is 5.90. The number of rotatable bonds is 4. The Kier molecular flexibility index (Phi) is 9.91. The topological polar surface area (TPSA) is 77.5 Å². The van der Waals surface area contributed by atoms with Crippen LogP contribution >= 0.6 is 0 Å². The van der Waals surface area contributed by atoms with Crippen molar-refractivity contribution in [3.05, 3.63) is 89.1 Å². The number of esters is 2. The lowest BCUT2D eigenvalue weighted by Gasteiger charge is -2.29. The van der Waals surface area contributed by atoms with E-state index in [9.17, 15) is 35.9 Å². The van der Waals surface area contributed by atoms with Gasteiger partial charge in [-0.05, 0) is 61.3 Å². The van der Waals surface area contributed by atoms with Crippen molar-refractivity contribution in [3.63, 3.8) is 0 Å². The highest BCUT2D eigenvalue weighted by Gasteiger charge is 2.32. The van der Waals surface area contributed by atoms with Crippen molar-refractivity contribution >= 4 is 11.9 Å². The second-order valence-corrected chi connectivity index (χ2v) is 8.87. The molecule has 2 atom stereocenters. The van der Waals surface area contributed by atoms with Crippen molar-refractivity contribution < 1.29 is 45.4 Å². The Morgan fingerprint density at radius 1 is 0.850 bits per heavy atom. The molecule has 0 bridgehead atoms. The van der Waals surface area contributed by atoms with Crippen molar-refractivity contribution in [3.8, 4) is 11.3 Å². The molecule has 0 aliphatic carbocycles.